The zero-order valence-corrected chi connectivity index (χ0v) is 15.6. The monoisotopic (exact) mass is 326 g/mol. The minimum Gasteiger partial charge on any atom is -0.493 e. The highest BCUT2D eigenvalue weighted by atomic mass is 16.5. The van der Waals surface area contributed by atoms with Gasteiger partial charge in [0.05, 0.1) is 13.7 Å². The standard InChI is InChI=1S/C17H28O4.C2H6/c1-13(2)15(12-18)10-14-6-7-16(20-4)17(11-14)21-9-5-8-19-3;1-2/h6-7,11,13,15,18H,5,8-10,12H2,1-4H3;1-2H3. The molecule has 0 aliphatic heterocycles. The minimum absolute atomic E-state index is 0.202. The Morgan fingerprint density at radius 1 is 1.04 bits per heavy atom. The average Bonchev–Trinajstić information content (AvgIpc) is 2.58. The number of benzene rings is 1. The predicted octanol–water partition coefficient (Wildman–Crippen LogP) is 3.94. The first-order valence-electron chi connectivity index (χ1n) is 8.51. The van der Waals surface area contributed by atoms with Crippen molar-refractivity contribution in [1.82, 2.24) is 0 Å². The minimum atomic E-state index is 0.202. The Morgan fingerprint density at radius 2 is 1.74 bits per heavy atom. The van der Waals surface area contributed by atoms with E-state index in [9.17, 15) is 5.11 Å². The molecule has 1 aromatic rings. The molecule has 0 heterocycles. The van der Waals surface area contributed by atoms with E-state index in [4.69, 9.17) is 14.2 Å². The van der Waals surface area contributed by atoms with Gasteiger partial charge in [0.2, 0.25) is 0 Å². The van der Waals surface area contributed by atoms with Crippen molar-refractivity contribution in [3.05, 3.63) is 23.8 Å². The van der Waals surface area contributed by atoms with Crippen LogP contribution in [0.25, 0.3) is 0 Å². The number of rotatable bonds is 10. The molecule has 1 atom stereocenters. The highest BCUT2D eigenvalue weighted by Gasteiger charge is 2.14. The van der Waals surface area contributed by atoms with E-state index in [1.54, 1.807) is 14.2 Å². The van der Waals surface area contributed by atoms with Crippen LogP contribution >= 0.6 is 0 Å². The lowest BCUT2D eigenvalue weighted by Gasteiger charge is -2.19. The van der Waals surface area contributed by atoms with Gasteiger partial charge in [0.25, 0.3) is 0 Å². The zero-order valence-electron chi connectivity index (χ0n) is 15.6. The van der Waals surface area contributed by atoms with Crippen LogP contribution in [0.2, 0.25) is 0 Å². The fourth-order valence-corrected chi connectivity index (χ4v) is 2.16. The van der Waals surface area contributed by atoms with Gasteiger partial charge in [-0.3, -0.25) is 0 Å². The highest BCUT2D eigenvalue weighted by molar-refractivity contribution is 5.43. The third-order valence-electron chi connectivity index (χ3n) is 3.65. The van der Waals surface area contributed by atoms with E-state index in [1.807, 2.05) is 32.0 Å². The summed E-state index contributed by atoms with van der Waals surface area (Å²) in [6.45, 7) is 9.75. The molecule has 0 saturated heterocycles. The van der Waals surface area contributed by atoms with E-state index in [2.05, 4.69) is 13.8 Å². The molecule has 134 valence electrons. The maximum absolute atomic E-state index is 9.46. The van der Waals surface area contributed by atoms with E-state index in [1.165, 1.54) is 0 Å². The molecule has 4 heteroatoms. The number of hydrogen-bond donors (Lipinski definition) is 1. The second-order valence-electron chi connectivity index (χ2n) is 5.57. The lowest BCUT2D eigenvalue weighted by atomic mass is 9.90. The second kappa shape index (κ2) is 13.2. The second-order valence-corrected chi connectivity index (χ2v) is 5.57. The van der Waals surface area contributed by atoms with Crippen LogP contribution in [0.5, 0.6) is 11.5 Å². The van der Waals surface area contributed by atoms with Gasteiger partial charge in [-0.2, -0.15) is 0 Å². The molecule has 1 unspecified atom stereocenters. The molecule has 0 bridgehead atoms. The molecule has 0 radical (unpaired) electrons. The molecule has 0 amide bonds. The fraction of sp³-hybridized carbons (Fsp3) is 0.684. The molecule has 0 aliphatic carbocycles. The smallest absolute Gasteiger partial charge is 0.161 e. The van der Waals surface area contributed by atoms with E-state index >= 15 is 0 Å². The topological polar surface area (TPSA) is 47.9 Å². The van der Waals surface area contributed by atoms with Crippen molar-refractivity contribution in [3.63, 3.8) is 0 Å². The van der Waals surface area contributed by atoms with Crippen LogP contribution in [0.3, 0.4) is 0 Å². The molecular weight excluding hydrogens is 292 g/mol. The average molecular weight is 326 g/mol. The Hall–Kier alpha value is -1.26. The predicted molar refractivity (Wildman–Crippen MR) is 95.4 cm³/mol. The van der Waals surface area contributed by atoms with Gasteiger partial charge in [-0.15, -0.1) is 0 Å². The molecular formula is C19H34O4. The summed E-state index contributed by atoms with van der Waals surface area (Å²) in [6.07, 6.45) is 1.68. The first kappa shape index (κ1) is 21.7. The summed E-state index contributed by atoms with van der Waals surface area (Å²) in [5.41, 5.74) is 1.16. The fourth-order valence-electron chi connectivity index (χ4n) is 2.16. The third kappa shape index (κ3) is 8.24. The van der Waals surface area contributed by atoms with Crippen molar-refractivity contribution in [1.29, 1.82) is 0 Å². The van der Waals surface area contributed by atoms with Gasteiger partial charge in [-0.1, -0.05) is 33.8 Å². The van der Waals surface area contributed by atoms with Gasteiger partial charge in [-0.25, -0.2) is 0 Å². The maximum atomic E-state index is 9.46. The van der Waals surface area contributed by atoms with Crippen molar-refractivity contribution in [2.45, 2.75) is 40.5 Å². The highest BCUT2D eigenvalue weighted by Crippen LogP contribution is 2.30. The summed E-state index contributed by atoms with van der Waals surface area (Å²) in [5.74, 6) is 2.20. The van der Waals surface area contributed by atoms with Crippen molar-refractivity contribution in [3.8, 4) is 11.5 Å². The van der Waals surface area contributed by atoms with E-state index in [0.29, 0.717) is 19.1 Å². The van der Waals surface area contributed by atoms with Crippen LogP contribution in [0.4, 0.5) is 0 Å². The normalized spacial score (nSPS) is 11.7. The van der Waals surface area contributed by atoms with E-state index < -0.39 is 0 Å². The Kier molecular flexibility index (Phi) is 12.5. The summed E-state index contributed by atoms with van der Waals surface area (Å²) in [4.78, 5) is 0. The molecule has 1 rings (SSSR count). The number of methoxy groups -OCH3 is 2. The van der Waals surface area contributed by atoms with Gasteiger partial charge in [0.1, 0.15) is 0 Å². The van der Waals surface area contributed by atoms with E-state index in [0.717, 1.165) is 29.9 Å². The summed E-state index contributed by atoms with van der Waals surface area (Å²) in [7, 11) is 3.32. The van der Waals surface area contributed by atoms with E-state index in [-0.39, 0.29) is 12.5 Å². The summed E-state index contributed by atoms with van der Waals surface area (Å²) < 4.78 is 16.1. The Balaban J connectivity index is 0.00000232. The van der Waals surface area contributed by atoms with Crippen molar-refractivity contribution < 1.29 is 19.3 Å². The SMILES string of the molecule is CC.COCCCOc1cc(CC(CO)C(C)C)ccc1OC. The molecule has 0 aromatic heterocycles. The van der Waals surface area contributed by atoms with Crippen molar-refractivity contribution in [2.24, 2.45) is 11.8 Å². The number of ether oxygens (including phenoxy) is 3. The first-order chi connectivity index (χ1) is 11.1. The van der Waals surface area contributed by atoms with Crippen molar-refractivity contribution in [2.75, 3.05) is 34.0 Å². The van der Waals surface area contributed by atoms with Gasteiger partial charge in [-0.05, 0) is 36.0 Å². The van der Waals surface area contributed by atoms with Crippen LogP contribution in [-0.2, 0) is 11.2 Å². The summed E-state index contributed by atoms with van der Waals surface area (Å²) >= 11 is 0. The van der Waals surface area contributed by atoms with Crippen LogP contribution in [-0.4, -0.2) is 39.1 Å². The molecule has 0 fully saturated rings. The maximum Gasteiger partial charge on any atom is 0.161 e. The van der Waals surface area contributed by atoms with Crippen LogP contribution in [0.1, 0.15) is 39.7 Å². The molecule has 4 nitrogen and oxygen atoms in total. The summed E-state index contributed by atoms with van der Waals surface area (Å²) in [6, 6.07) is 5.97. The quantitative estimate of drug-likeness (QED) is 0.662. The first-order valence-corrected chi connectivity index (χ1v) is 8.51. The Bertz CT molecular complexity index is 404. The lowest BCUT2D eigenvalue weighted by Crippen LogP contribution is -2.16. The largest absolute Gasteiger partial charge is 0.493 e. The molecule has 0 aliphatic rings. The van der Waals surface area contributed by atoms with Crippen LogP contribution in [0, 0.1) is 11.8 Å². The van der Waals surface area contributed by atoms with Crippen molar-refractivity contribution >= 4 is 0 Å². The van der Waals surface area contributed by atoms with Crippen LogP contribution < -0.4 is 9.47 Å². The van der Waals surface area contributed by atoms with Gasteiger partial charge in [0, 0.05) is 26.7 Å². The van der Waals surface area contributed by atoms with Crippen LogP contribution in [0.15, 0.2) is 18.2 Å². The number of aliphatic hydroxyl groups is 1. The molecule has 1 N–H and O–H groups in total. The van der Waals surface area contributed by atoms with Gasteiger partial charge in [0.15, 0.2) is 11.5 Å². The Labute approximate surface area is 141 Å². The molecule has 0 spiro atoms. The Morgan fingerprint density at radius 3 is 2.26 bits per heavy atom. The zero-order chi connectivity index (χ0) is 17.7. The molecule has 0 saturated carbocycles. The third-order valence-corrected chi connectivity index (χ3v) is 3.65. The van der Waals surface area contributed by atoms with Gasteiger partial charge >= 0.3 is 0 Å². The lowest BCUT2D eigenvalue weighted by molar-refractivity contribution is 0.170. The molecule has 23 heavy (non-hydrogen) atoms. The summed E-state index contributed by atoms with van der Waals surface area (Å²) in [5, 5.41) is 9.46. The molecule has 1 aromatic carbocycles. The number of aliphatic hydroxyl groups excluding tert-OH is 1. The van der Waals surface area contributed by atoms with Gasteiger partial charge < -0.3 is 19.3 Å². The number of hydrogen-bond acceptors (Lipinski definition) is 4.